The zero-order valence-electron chi connectivity index (χ0n) is 21.5. The Hall–Kier alpha value is -3.65. The molecule has 0 amide bonds. The Kier molecular flexibility index (Phi) is 6.43. The van der Waals surface area contributed by atoms with E-state index in [9.17, 15) is 14.4 Å². The number of nitrogens with zero attached hydrogens (tertiary/aromatic N) is 3. The van der Waals surface area contributed by atoms with Crippen LogP contribution in [-0.2, 0) is 15.6 Å². The number of rotatable bonds is 3. The predicted octanol–water partition coefficient (Wildman–Crippen LogP) is 4.25. The van der Waals surface area contributed by atoms with E-state index >= 15 is 0 Å². The third-order valence-corrected chi connectivity index (χ3v) is 6.66. The maximum atomic E-state index is 13.3. The molecule has 36 heavy (non-hydrogen) atoms. The number of hydrogen-bond acceptors (Lipinski definition) is 7. The van der Waals surface area contributed by atoms with E-state index in [4.69, 9.17) is 4.74 Å². The van der Waals surface area contributed by atoms with E-state index in [1.54, 1.807) is 30.3 Å². The average Bonchev–Trinajstić information content (AvgIpc) is 3.06. The van der Waals surface area contributed by atoms with Gasteiger partial charge in [0.1, 0.15) is 5.75 Å². The summed E-state index contributed by atoms with van der Waals surface area (Å²) in [4.78, 5) is 42.2. The fourth-order valence-corrected chi connectivity index (χ4v) is 4.84. The Bertz CT molecular complexity index is 1600. The summed E-state index contributed by atoms with van der Waals surface area (Å²) in [7, 11) is 0. The SMILES string of the molecule is CC(=O)Oc1c(C(C)(C)C)cc(/C=c2\sc3nc(=O)c(-c4ccccc4)nn3c2=O)cc1C(C)(C)C. The van der Waals surface area contributed by atoms with Crippen molar-refractivity contribution in [1.82, 2.24) is 14.6 Å². The molecule has 0 unspecified atom stereocenters. The van der Waals surface area contributed by atoms with Crippen LogP contribution in [0.4, 0.5) is 0 Å². The quantitative estimate of drug-likeness (QED) is 0.307. The summed E-state index contributed by atoms with van der Waals surface area (Å²) in [6.45, 7) is 13.7. The van der Waals surface area contributed by atoms with Crippen LogP contribution in [0.1, 0.15) is 65.2 Å². The lowest BCUT2D eigenvalue weighted by Crippen LogP contribution is -2.27. The van der Waals surface area contributed by atoms with Crippen molar-refractivity contribution >= 4 is 28.3 Å². The number of benzene rings is 2. The third-order valence-electron chi connectivity index (χ3n) is 5.70. The molecule has 0 fully saturated rings. The van der Waals surface area contributed by atoms with Gasteiger partial charge in [0, 0.05) is 23.6 Å². The topological polar surface area (TPSA) is 90.6 Å². The minimum atomic E-state index is -0.482. The fourth-order valence-electron chi connectivity index (χ4n) is 3.94. The molecular formula is C28H29N3O4S. The standard InChI is InChI=1S/C28H29N3O4S/c1-16(32)35-23-19(27(2,3)4)13-17(14-20(23)28(5,6)7)15-21-25(34)31-26(36-21)29-24(33)22(30-31)18-11-9-8-10-12-18/h8-15H,1-7H3/b21-15-. The van der Waals surface area contributed by atoms with Crippen LogP contribution in [0.3, 0.4) is 0 Å². The zero-order valence-corrected chi connectivity index (χ0v) is 22.3. The van der Waals surface area contributed by atoms with Crippen molar-refractivity contribution in [2.75, 3.05) is 0 Å². The lowest BCUT2D eigenvalue weighted by atomic mass is 9.78. The number of hydrogen-bond donors (Lipinski definition) is 0. The molecule has 2 aromatic heterocycles. The summed E-state index contributed by atoms with van der Waals surface area (Å²) in [6.07, 6.45) is 1.78. The number of carbonyl (C=O) groups excluding carboxylic acids is 1. The first-order valence-electron chi connectivity index (χ1n) is 11.6. The van der Waals surface area contributed by atoms with Crippen LogP contribution in [0, 0.1) is 0 Å². The first-order valence-corrected chi connectivity index (χ1v) is 12.5. The van der Waals surface area contributed by atoms with E-state index in [0.29, 0.717) is 15.8 Å². The fraction of sp³-hybridized carbons (Fsp3) is 0.321. The van der Waals surface area contributed by atoms with Crippen LogP contribution in [0.25, 0.3) is 22.3 Å². The van der Waals surface area contributed by atoms with Gasteiger partial charge in [-0.25, -0.2) is 0 Å². The highest BCUT2D eigenvalue weighted by Gasteiger charge is 2.28. The van der Waals surface area contributed by atoms with E-state index in [-0.39, 0.29) is 33.0 Å². The molecular weight excluding hydrogens is 474 g/mol. The van der Waals surface area contributed by atoms with Crippen LogP contribution in [-0.4, -0.2) is 20.6 Å². The Balaban J connectivity index is 1.97. The molecule has 186 valence electrons. The normalized spacial score (nSPS) is 12.8. The molecule has 0 saturated heterocycles. The van der Waals surface area contributed by atoms with Gasteiger partial charge in [0.2, 0.25) is 4.96 Å². The number of esters is 1. The lowest BCUT2D eigenvalue weighted by molar-refractivity contribution is -0.132. The average molecular weight is 504 g/mol. The Morgan fingerprint density at radius 2 is 1.56 bits per heavy atom. The molecule has 0 saturated carbocycles. The van der Waals surface area contributed by atoms with Crippen molar-refractivity contribution in [2.24, 2.45) is 0 Å². The summed E-state index contributed by atoms with van der Waals surface area (Å²) in [5, 5.41) is 4.33. The van der Waals surface area contributed by atoms with Gasteiger partial charge in [-0.2, -0.15) is 14.6 Å². The summed E-state index contributed by atoms with van der Waals surface area (Å²) in [5.74, 6) is 0.171. The zero-order chi connectivity index (χ0) is 26.4. The highest BCUT2D eigenvalue weighted by atomic mass is 32.1. The molecule has 0 atom stereocenters. The molecule has 0 bridgehead atoms. The summed E-state index contributed by atoms with van der Waals surface area (Å²) in [6, 6.07) is 12.8. The number of thiazole rings is 1. The maximum Gasteiger partial charge on any atom is 0.308 e. The molecule has 7 nitrogen and oxygen atoms in total. The minimum absolute atomic E-state index is 0.130. The van der Waals surface area contributed by atoms with Crippen LogP contribution in [0.5, 0.6) is 5.75 Å². The van der Waals surface area contributed by atoms with Gasteiger partial charge < -0.3 is 4.74 Å². The second-order valence-corrected chi connectivity index (χ2v) is 11.8. The van der Waals surface area contributed by atoms with Crippen molar-refractivity contribution < 1.29 is 9.53 Å². The van der Waals surface area contributed by atoms with Gasteiger partial charge >= 0.3 is 11.5 Å². The molecule has 2 aromatic carbocycles. The van der Waals surface area contributed by atoms with Gasteiger partial charge in [-0.3, -0.25) is 14.4 Å². The lowest BCUT2D eigenvalue weighted by Gasteiger charge is -2.29. The molecule has 0 radical (unpaired) electrons. The van der Waals surface area contributed by atoms with E-state index in [2.05, 4.69) is 51.6 Å². The van der Waals surface area contributed by atoms with Crippen LogP contribution < -0.4 is 20.4 Å². The van der Waals surface area contributed by atoms with Crippen molar-refractivity contribution in [2.45, 2.75) is 59.3 Å². The van der Waals surface area contributed by atoms with Gasteiger partial charge in [0.25, 0.3) is 5.56 Å². The van der Waals surface area contributed by atoms with Crippen LogP contribution >= 0.6 is 11.3 Å². The van der Waals surface area contributed by atoms with Crippen LogP contribution in [0.15, 0.2) is 52.1 Å². The van der Waals surface area contributed by atoms with Gasteiger partial charge in [-0.15, -0.1) is 0 Å². The van der Waals surface area contributed by atoms with Gasteiger partial charge in [-0.1, -0.05) is 83.2 Å². The molecule has 8 heteroatoms. The monoisotopic (exact) mass is 503 g/mol. The van der Waals surface area contributed by atoms with Crippen molar-refractivity contribution in [3.8, 4) is 17.0 Å². The molecule has 0 aliphatic heterocycles. The number of aromatic nitrogens is 3. The van der Waals surface area contributed by atoms with Gasteiger partial charge in [0.15, 0.2) is 5.69 Å². The van der Waals surface area contributed by atoms with Gasteiger partial charge in [0.05, 0.1) is 4.53 Å². The highest BCUT2D eigenvalue weighted by Crippen LogP contribution is 2.41. The maximum absolute atomic E-state index is 13.3. The summed E-state index contributed by atoms with van der Waals surface area (Å²) < 4.78 is 7.29. The first-order chi connectivity index (χ1) is 16.8. The first kappa shape index (κ1) is 25.4. The number of carbonyl (C=O) groups is 1. The molecule has 0 aliphatic rings. The van der Waals surface area contributed by atoms with Gasteiger partial charge in [-0.05, 0) is 34.6 Å². The highest BCUT2D eigenvalue weighted by molar-refractivity contribution is 7.15. The number of fused-ring (bicyclic) bond motifs is 1. The van der Waals surface area contributed by atoms with Crippen molar-refractivity contribution in [1.29, 1.82) is 0 Å². The molecule has 0 spiro atoms. The Morgan fingerprint density at radius 3 is 2.08 bits per heavy atom. The molecule has 4 rings (SSSR count). The summed E-state index contributed by atoms with van der Waals surface area (Å²) in [5.41, 5.74) is 1.77. The van der Waals surface area contributed by atoms with E-state index in [1.165, 1.54) is 11.4 Å². The molecule has 0 N–H and O–H groups in total. The largest absolute Gasteiger partial charge is 0.426 e. The Labute approximate surface area is 213 Å². The van der Waals surface area contributed by atoms with E-state index in [0.717, 1.165) is 28.0 Å². The van der Waals surface area contributed by atoms with Crippen molar-refractivity contribution in [3.63, 3.8) is 0 Å². The summed E-state index contributed by atoms with van der Waals surface area (Å²) >= 11 is 1.11. The third kappa shape index (κ3) is 4.99. The minimum Gasteiger partial charge on any atom is -0.426 e. The van der Waals surface area contributed by atoms with E-state index < -0.39 is 5.56 Å². The van der Waals surface area contributed by atoms with Crippen molar-refractivity contribution in [3.05, 3.63) is 84.4 Å². The molecule has 4 aromatic rings. The van der Waals surface area contributed by atoms with E-state index in [1.807, 2.05) is 18.2 Å². The molecule has 0 aliphatic carbocycles. The van der Waals surface area contributed by atoms with Crippen LogP contribution in [0.2, 0.25) is 0 Å². The smallest absolute Gasteiger partial charge is 0.308 e. The molecule has 2 heterocycles. The second kappa shape index (κ2) is 9.09. The number of ether oxygens (including phenoxy) is 1. The predicted molar refractivity (Wildman–Crippen MR) is 143 cm³/mol. The second-order valence-electron chi connectivity index (χ2n) is 10.8. The Morgan fingerprint density at radius 1 is 0.972 bits per heavy atom.